The normalized spacial score (nSPS) is 9.62. The third-order valence-corrected chi connectivity index (χ3v) is 1.44. The number of nitrogens with two attached hydrogens (primary N) is 1. The van der Waals surface area contributed by atoms with Crippen LogP contribution in [-0.4, -0.2) is 22.4 Å². The minimum Gasteiger partial charge on any atom is -0.457 e. The Hall–Kier alpha value is -1.78. The number of aromatic nitrogens is 2. The van der Waals surface area contributed by atoms with Gasteiger partial charge in [0.25, 0.3) is 0 Å². The fourth-order valence-corrected chi connectivity index (χ4v) is 0.889. The van der Waals surface area contributed by atoms with Gasteiger partial charge in [0.05, 0.1) is 0 Å². The molecule has 0 spiro atoms. The number of carbonyl (C=O) groups excluding carboxylic acids is 1. The molecule has 0 radical (unpaired) electrons. The van der Waals surface area contributed by atoms with Crippen molar-refractivity contribution in [2.24, 2.45) is 7.05 Å². The Bertz CT molecular complexity index is 330. The van der Waals surface area contributed by atoms with Gasteiger partial charge < -0.3 is 10.5 Å². The van der Waals surface area contributed by atoms with Gasteiger partial charge >= 0.3 is 5.97 Å². The number of nitrogen functional groups attached to an aromatic ring is 1. The first-order valence-electron chi connectivity index (χ1n) is 3.72. The van der Waals surface area contributed by atoms with Gasteiger partial charge in [-0.15, -0.1) is 0 Å². The molecule has 0 aromatic carbocycles. The van der Waals surface area contributed by atoms with Crippen LogP contribution in [0.1, 0.15) is 10.5 Å². The van der Waals surface area contributed by atoms with E-state index in [1.807, 2.05) is 0 Å². The molecule has 13 heavy (non-hydrogen) atoms. The maximum Gasteiger partial charge on any atom is 0.356 e. The van der Waals surface area contributed by atoms with Gasteiger partial charge in [0, 0.05) is 13.1 Å². The first-order chi connectivity index (χ1) is 6.15. The summed E-state index contributed by atoms with van der Waals surface area (Å²) in [5.74, 6) is -0.153. The molecule has 0 amide bonds. The fourth-order valence-electron chi connectivity index (χ4n) is 0.889. The van der Waals surface area contributed by atoms with Gasteiger partial charge in [0.2, 0.25) is 0 Å². The van der Waals surface area contributed by atoms with Gasteiger partial charge in [0.15, 0.2) is 0 Å². The van der Waals surface area contributed by atoms with Crippen molar-refractivity contribution in [3.63, 3.8) is 0 Å². The molecular weight excluding hydrogens is 170 g/mol. The van der Waals surface area contributed by atoms with Crippen LogP contribution in [0.5, 0.6) is 0 Å². The summed E-state index contributed by atoms with van der Waals surface area (Å²) in [4.78, 5) is 11.3. The molecule has 2 N–H and O–H groups in total. The van der Waals surface area contributed by atoms with Crippen molar-refractivity contribution in [2.45, 2.75) is 0 Å². The predicted octanol–water partition coefficient (Wildman–Crippen LogP) is 0.345. The monoisotopic (exact) mass is 181 g/mol. The van der Waals surface area contributed by atoms with E-state index in [2.05, 4.69) is 11.7 Å². The lowest BCUT2D eigenvalue weighted by molar-refractivity contribution is 0.0537. The van der Waals surface area contributed by atoms with E-state index in [1.54, 1.807) is 7.05 Å². The molecule has 5 nitrogen and oxygen atoms in total. The lowest BCUT2D eigenvalue weighted by atomic mass is 10.4. The van der Waals surface area contributed by atoms with E-state index in [-0.39, 0.29) is 6.61 Å². The summed E-state index contributed by atoms with van der Waals surface area (Å²) in [6.45, 7) is 3.61. The van der Waals surface area contributed by atoms with E-state index in [9.17, 15) is 4.79 Å². The van der Waals surface area contributed by atoms with Crippen molar-refractivity contribution in [3.05, 3.63) is 24.4 Å². The first-order valence-corrected chi connectivity index (χ1v) is 3.72. The molecule has 1 rings (SSSR count). The smallest absolute Gasteiger partial charge is 0.356 e. The van der Waals surface area contributed by atoms with Crippen LogP contribution in [0.2, 0.25) is 0 Å². The van der Waals surface area contributed by atoms with Crippen molar-refractivity contribution in [1.29, 1.82) is 0 Å². The number of ether oxygens (including phenoxy) is 1. The van der Waals surface area contributed by atoms with Crippen LogP contribution in [0.15, 0.2) is 18.7 Å². The van der Waals surface area contributed by atoms with E-state index in [1.165, 1.54) is 16.8 Å². The summed E-state index contributed by atoms with van der Waals surface area (Å²) in [7, 11) is 1.63. The zero-order valence-electron chi connectivity index (χ0n) is 7.36. The molecule has 0 aliphatic carbocycles. The summed E-state index contributed by atoms with van der Waals surface area (Å²) in [5, 5.41) is 3.81. The standard InChI is InChI=1S/C8H11N3O2/c1-3-4-13-8(12)6-5-7(9)10-11(6)2/h3,5H,1,4H2,2H3,(H2,9,10). The number of aryl methyl sites for hydroxylation is 1. The average Bonchev–Trinajstić information content (AvgIpc) is 2.41. The molecule has 0 aliphatic heterocycles. The number of hydrogen-bond acceptors (Lipinski definition) is 4. The topological polar surface area (TPSA) is 70.1 Å². The van der Waals surface area contributed by atoms with Gasteiger partial charge in [-0.05, 0) is 0 Å². The van der Waals surface area contributed by atoms with Gasteiger partial charge in [-0.2, -0.15) is 5.10 Å². The number of rotatable bonds is 3. The lowest BCUT2D eigenvalue weighted by Gasteiger charge is -2.00. The van der Waals surface area contributed by atoms with E-state index in [4.69, 9.17) is 10.5 Å². The average molecular weight is 181 g/mol. The van der Waals surface area contributed by atoms with Crippen LogP contribution in [0.4, 0.5) is 5.82 Å². The quantitative estimate of drug-likeness (QED) is 0.539. The largest absolute Gasteiger partial charge is 0.457 e. The number of carbonyl (C=O) groups is 1. The van der Waals surface area contributed by atoms with Crippen molar-refractivity contribution in [3.8, 4) is 0 Å². The minimum absolute atomic E-state index is 0.184. The van der Waals surface area contributed by atoms with Crippen molar-refractivity contribution in [2.75, 3.05) is 12.3 Å². The number of anilines is 1. The van der Waals surface area contributed by atoms with E-state index in [0.29, 0.717) is 11.5 Å². The second-order valence-corrected chi connectivity index (χ2v) is 2.47. The summed E-state index contributed by atoms with van der Waals surface area (Å²) in [6.07, 6.45) is 1.50. The van der Waals surface area contributed by atoms with E-state index < -0.39 is 5.97 Å². The number of hydrogen-bond donors (Lipinski definition) is 1. The predicted molar refractivity (Wildman–Crippen MR) is 48.1 cm³/mol. The third-order valence-electron chi connectivity index (χ3n) is 1.44. The molecule has 5 heteroatoms. The highest BCUT2D eigenvalue weighted by Crippen LogP contribution is 2.05. The van der Waals surface area contributed by atoms with Crippen LogP contribution < -0.4 is 5.73 Å². The summed E-state index contributed by atoms with van der Waals surface area (Å²) >= 11 is 0. The summed E-state index contributed by atoms with van der Waals surface area (Å²) in [5.41, 5.74) is 5.72. The molecule has 70 valence electrons. The Kier molecular flexibility index (Phi) is 2.69. The number of nitrogens with zero attached hydrogens (tertiary/aromatic N) is 2. The van der Waals surface area contributed by atoms with Crippen molar-refractivity contribution >= 4 is 11.8 Å². The Morgan fingerprint density at radius 3 is 3.08 bits per heavy atom. The zero-order valence-corrected chi connectivity index (χ0v) is 7.36. The molecule has 0 atom stereocenters. The van der Waals surface area contributed by atoms with E-state index >= 15 is 0 Å². The van der Waals surface area contributed by atoms with Crippen LogP contribution in [-0.2, 0) is 11.8 Å². The Balaban J connectivity index is 2.76. The van der Waals surface area contributed by atoms with Gasteiger partial charge in [-0.1, -0.05) is 12.7 Å². The first kappa shape index (κ1) is 9.31. The van der Waals surface area contributed by atoms with E-state index in [0.717, 1.165) is 0 Å². The second kappa shape index (κ2) is 3.75. The highest BCUT2D eigenvalue weighted by atomic mass is 16.5. The molecular formula is C8H11N3O2. The molecule has 0 bridgehead atoms. The lowest BCUT2D eigenvalue weighted by Crippen LogP contribution is -2.10. The zero-order chi connectivity index (χ0) is 9.84. The highest BCUT2D eigenvalue weighted by Gasteiger charge is 2.12. The van der Waals surface area contributed by atoms with Crippen LogP contribution >= 0.6 is 0 Å². The minimum atomic E-state index is -0.452. The Morgan fingerprint density at radius 2 is 2.62 bits per heavy atom. The molecule has 0 fully saturated rings. The molecule has 1 aromatic heterocycles. The summed E-state index contributed by atoms with van der Waals surface area (Å²) < 4.78 is 6.17. The molecule has 0 aliphatic rings. The summed E-state index contributed by atoms with van der Waals surface area (Å²) in [6, 6.07) is 1.46. The Labute approximate surface area is 75.8 Å². The number of esters is 1. The van der Waals surface area contributed by atoms with Crippen molar-refractivity contribution < 1.29 is 9.53 Å². The van der Waals surface area contributed by atoms with Crippen molar-refractivity contribution in [1.82, 2.24) is 9.78 Å². The van der Waals surface area contributed by atoms with Gasteiger partial charge in [0.1, 0.15) is 18.1 Å². The fraction of sp³-hybridized carbons (Fsp3) is 0.250. The van der Waals surface area contributed by atoms with Crippen LogP contribution in [0, 0.1) is 0 Å². The molecule has 1 heterocycles. The van der Waals surface area contributed by atoms with Gasteiger partial charge in [-0.3, -0.25) is 4.68 Å². The van der Waals surface area contributed by atoms with Gasteiger partial charge in [-0.25, -0.2) is 4.79 Å². The second-order valence-electron chi connectivity index (χ2n) is 2.47. The maximum atomic E-state index is 11.3. The third kappa shape index (κ3) is 2.08. The van der Waals surface area contributed by atoms with Crippen LogP contribution in [0.3, 0.4) is 0 Å². The molecule has 0 saturated carbocycles. The molecule has 0 saturated heterocycles. The SMILES string of the molecule is C=CCOC(=O)c1cc(N)nn1C. The highest BCUT2D eigenvalue weighted by molar-refractivity contribution is 5.88. The molecule has 1 aromatic rings. The van der Waals surface area contributed by atoms with Crippen LogP contribution in [0.25, 0.3) is 0 Å². The Morgan fingerprint density at radius 1 is 1.92 bits per heavy atom. The maximum absolute atomic E-state index is 11.3. The molecule has 0 unspecified atom stereocenters.